The maximum absolute atomic E-state index is 6.33. The SMILES string of the molecule is Cc1cc2c(cc1C)N(c1[c-]c(Oc3[c-]c4c(cc3)c3ccccc3n4-c3ccccn3)ccc1)[CH-]N2C.[Pt]. The fraction of sp³-hybridized carbons (Fsp3) is 0.0909. The molecule has 4 aromatic carbocycles. The van der Waals surface area contributed by atoms with Crippen molar-refractivity contribution in [2.24, 2.45) is 0 Å². The van der Waals surface area contributed by atoms with Gasteiger partial charge in [0.2, 0.25) is 0 Å². The van der Waals surface area contributed by atoms with E-state index in [1.807, 2.05) is 54.7 Å². The largest absolute Gasteiger partial charge is 0.509 e. The van der Waals surface area contributed by atoms with E-state index in [1.165, 1.54) is 16.8 Å². The van der Waals surface area contributed by atoms with Crippen LogP contribution in [0.25, 0.3) is 27.6 Å². The van der Waals surface area contributed by atoms with Crippen LogP contribution in [0.4, 0.5) is 17.1 Å². The number of fused-ring (bicyclic) bond motifs is 4. The average Bonchev–Trinajstić information content (AvgIpc) is 3.43. The van der Waals surface area contributed by atoms with E-state index in [0.29, 0.717) is 11.5 Å². The van der Waals surface area contributed by atoms with Gasteiger partial charge >= 0.3 is 0 Å². The summed E-state index contributed by atoms with van der Waals surface area (Å²) in [5.74, 6) is 2.10. The molecule has 6 heteroatoms. The molecule has 5 nitrogen and oxygen atoms in total. The summed E-state index contributed by atoms with van der Waals surface area (Å²) < 4.78 is 8.47. The Kier molecular flexibility index (Phi) is 6.40. The Morgan fingerprint density at radius 1 is 0.769 bits per heavy atom. The molecule has 0 saturated heterocycles. The summed E-state index contributed by atoms with van der Waals surface area (Å²) in [4.78, 5) is 8.90. The Morgan fingerprint density at radius 3 is 2.36 bits per heavy atom. The molecule has 3 heterocycles. The second-order valence-corrected chi connectivity index (χ2v) is 9.65. The molecule has 0 bridgehead atoms. The molecule has 0 unspecified atom stereocenters. The Labute approximate surface area is 242 Å². The summed E-state index contributed by atoms with van der Waals surface area (Å²) in [6.07, 6.45) is 1.81. The standard InChI is InChI=1S/C33H25N4O.Pt/c1-22-17-31-32(18-23(22)2)36(21-35(31)3)24-9-8-10-25(19-24)38-26-14-15-28-27-11-4-5-12-29(27)37(30(28)20-26)33-13-6-7-16-34-33;/h4-18,21H,1-3H3;/q-3;. The summed E-state index contributed by atoms with van der Waals surface area (Å²) in [6, 6.07) is 35.7. The number of hydrogen-bond donors (Lipinski definition) is 0. The van der Waals surface area contributed by atoms with Crippen LogP contribution in [-0.4, -0.2) is 16.6 Å². The quantitative estimate of drug-likeness (QED) is 0.177. The minimum absolute atomic E-state index is 0. The monoisotopic (exact) mass is 688 g/mol. The van der Waals surface area contributed by atoms with Crippen molar-refractivity contribution in [3.63, 3.8) is 0 Å². The second kappa shape index (κ2) is 9.90. The Hall–Kier alpha value is -4.08. The molecular weight excluding hydrogens is 663 g/mol. The van der Waals surface area contributed by atoms with E-state index in [0.717, 1.165) is 39.0 Å². The Balaban J connectivity index is 0.00000277. The molecule has 2 aromatic heterocycles. The van der Waals surface area contributed by atoms with E-state index < -0.39 is 0 Å². The van der Waals surface area contributed by atoms with Crippen molar-refractivity contribution in [3.05, 3.63) is 121 Å². The molecule has 0 N–H and O–H groups in total. The van der Waals surface area contributed by atoms with Crippen molar-refractivity contribution < 1.29 is 25.8 Å². The molecular formula is C33H25N4OPt-3. The first-order chi connectivity index (χ1) is 18.6. The smallest absolute Gasteiger partial charge is 0.135 e. The molecule has 1 aliphatic heterocycles. The molecule has 0 fully saturated rings. The van der Waals surface area contributed by atoms with Gasteiger partial charge in [-0.1, -0.05) is 29.8 Å². The van der Waals surface area contributed by atoms with E-state index in [1.54, 1.807) is 0 Å². The maximum atomic E-state index is 6.33. The van der Waals surface area contributed by atoms with Gasteiger partial charge in [0.15, 0.2) is 0 Å². The van der Waals surface area contributed by atoms with Gasteiger partial charge in [-0.15, -0.1) is 41.4 Å². The molecule has 0 amide bonds. The Morgan fingerprint density at radius 2 is 1.54 bits per heavy atom. The summed E-state index contributed by atoms with van der Waals surface area (Å²) in [7, 11) is 2.07. The van der Waals surface area contributed by atoms with E-state index in [2.05, 4.69) is 95.4 Å². The van der Waals surface area contributed by atoms with Crippen LogP contribution in [0.3, 0.4) is 0 Å². The third-order valence-electron chi connectivity index (χ3n) is 7.19. The topological polar surface area (TPSA) is 33.5 Å². The van der Waals surface area contributed by atoms with Crippen LogP contribution < -0.4 is 14.5 Å². The van der Waals surface area contributed by atoms with Gasteiger partial charge in [0.1, 0.15) is 5.82 Å². The number of anilines is 3. The van der Waals surface area contributed by atoms with Crippen LogP contribution in [0.5, 0.6) is 11.5 Å². The van der Waals surface area contributed by atoms with Gasteiger partial charge in [-0.25, -0.2) is 4.98 Å². The van der Waals surface area contributed by atoms with E-state index in [4.69, 9.17) is 4.74 Å². The van der Waals surface area contributed by atoms with Gasteiger partial charge in [0.05, 0.1) is 0 Å². The van der Waals surface area contributed by atoms with Gasteiger partial charge < -0.3 is 19.1 Å². The van der Waals surface area contributed by atoms with Crippen molar-refractivity contribution in [1.29, 1.82) is 0 Å². The number of ether oxygens (including phenoxy) is 1. The van der Waals surface area contributed by atoms with Gasteiger partial charge in [-0.3, -0.25) is 0 Å². The third kappa shape index (κ3) is 4.27. The first-order valence-corrected chi connectivity index (χ1v) is 12.6. The van der Waals surface area contributed by atoms with Crippen LogP contribution in [0, 0.1) is 32.6 Å². The minimum atomic E-state index is 0. The van der Waals surface area contributed by atoms with Crippen LogP contribution in [-0.2, 0) is 21.1 Å². The number of aryl methyl sites for hydroxylation is 2. The molecule has 0 atom stereocenters. The van der Waals surface area contributed by atoms with Crippen molar-refractivity contribution in [2.45, 2.75) is 13.8 Å². The predicted molar refractivity (Wildman–Crippen MR) is 154 cm³/mol. The third-order valence-corrected chi connectivity index (χ3v) is 7.19. The van der Waals surface area contributed by atoms with Crippen molar-refractivity contribution >= 4 is 38.9 Å². The predicted octanol–water partition coefficient (Wildman–Crippen LogP) is 7.89. The van der Waals surface area contributed by atoms with E-state index >= 15 is 0 Å². The van der Waals surface area contributed by atoms with Crippen molar-refractivity contribution in [2.75, 3.05) is 16.8 Å². The Bertz CT molecular complexity index is 1830. The molecule has 1 aliphatic rings. The normalized spacial score (nSPS) is 12.6. The number of nitrogens with zero attached hydrogens (tertiary/aromatic N) is 4. The van der Waals surface area contributed by atoms with Crippen molar-refractivity contribution in [1.82, 2.24) is 9.55 Å². The molecule has 39 heavy (non-hydrogen) atoms. The fourth-order valence-electron chi connectivity index (χ4n) is 5.16. The second-order valence-electron chi connectivity index (χ2n) is 9.65. The molecule has 0 radical (unpaired) electrons. The minimum Gasteiger partial charge on any atom is -0.509 e. The number of benzene rings is 4. The number of para-hydroxylation sites is 1. The van der Waals surface area contributed by atoms with Gasteiger partial charge in [0, 0.05) is 55.7 Å². The summed E-state index contributed by atoms with van der Waals surface area (Å²) in [5.41, 5.74) is 7.77. The fourth-order valence-corrected chi connectivity index (χ4v) is 5.16. The van der Waals surface area contributed by atoms with Crippen LogP contribution >= 0.6 is 0 Å². The zero-order valence-corrected chi connectivity index (χ0v) is 24.0. The summed E-state index contributed by atoms with van der Waals surface area (Å²) >= 11 is 0. The summed E-state index contributed by atoms with van der Waals surface area (Å²) in [5, 5.41) is 2.26. The van der Waals surface area contributed by atoms with E-state index in [9.17, 15) is 0 Å². The van der Waals surface area contributed by atoms with Crippen LogP contribution in [0.1, 0.15) is 11.1 Å². The van der Waals surface area contributed by atoms with Gasteiger partial charge in [0.25, 0.3) is 0 Å². The van der Waals surface area contributed by atoms with Crippen molar-refractivity contribution in [3.8, 4) is 17.3 Å². The number of pyridine rings is 1. The first-order valence-electron chi connectivity index (χ1n) is 12.6. The molecule has 196 valence electrons. The van der Waals surface area contributed by atoms with Crippen LogP contribution in [0.15, 0.2) is 91.1 Å². The zero-order valence-electron chi connectivity index (χ0n) is 21.8. The number of hydrogen-bond acceptors (Lipinski definition) is 4. The molecule has 0 aliphatic carbocycles. The van der Waals surface area contributed by atoms with Gasteiger partial charge in [-0.2, -0.15) is 18.8 Å². The van der Waals surface area contributed by atoms with Crippen LogP contribution in [0.2, 0.25) is 0 Å². The first kappa shape index (κ1) is 25.2. The number of aromatic nitrogens is 2. The van der Waals surface area contributed by atoms with E-state index in [-0.39, 0.29) is 21.1 Å². The van der Waals surface area contributed by atoms with Gasteiger partial charge in [-0.05, 0) is 67.7 Å². The number of rotatable bonds is 4. The maximum Gasteiger partial charge on any atom is 0.135 e. The molecule has 7 rings (SSSR count). The molecule has 0 spiro atoms. The average molecular weight is 689 g/mol. The molecule has 6 aromatic rings. The molecule has 0 saturated carbocycles. The zero-order chi connectivity index (χ0) is 25.8. The summed E-state index contributed by atoms with van der Waals surface area (Å²) in [6.45, 7) is 6.38.